The first-order chi connectivity index (χ1) is 16.5. The van der Waals surface area contributed by atoms with Gasteiger partial charge in [0.2, 0.25) is 5.88 Å². The van der Waals surface area contributed by atoms with E-state index in [9.17, 15) is 9.59 Å². The van der Waals surface area contributed by atoms with E-state index in [0.717, 1.165) is 18.4 Å². The summed E-state index contributed by atoms with van der Waals surface area (Å²) in [5, 5.41) is 0.622. The van der Waals surface area contributed by atoms with Gasteiger partial charge in [-0.05, 0) is 42.9 Å². The van der Waals surface area contributed by atoms with Gasteiger partial charge in [-0.15, -0.1) is 0 Å². The zero-order valence-corrected chi connectivity index (χ0v) is 19.8. The van der Waals surface area contributed by atoms with Crippen LogP contribution in [0.25, 0.3) is 22.7 Å². The molecule has 1 aromatic carbocycles. The Kier molecular flexibility index (Phi) is 5.95. The molecule has 0 N–H and O–H groups in total. The summed E-state index contributed by atoms with van der Waals surface area (Å²) in [6.45, 7) is 3.14. The monoisotopic (exact) mass is 480 g/mol. The number of aryl methyl sites for hydroxylation is 1. The second-order valence-corrected chi connectivity index (χ2v) is 9.02. The fourth-order valence-corrected chi connectivity index (χ4v) is 4.09. The second kappa shape index (κ2) is 9.06. The highest BCUT2D eigenvalue weighted by molar-refractivity contribution is 6.30. The Morgan fingerprint density at radius 2 is 1.82 bits per heavy atom. The molecule has 1 aliphatic rings. The molecule has 4 aromatic rings. The molecule has 5 rings (SSSR count). The van der Waals surface area contributed by atoms with Gasteiger partial charge in [-0.2, -0.15) is 0 Å². The van der Waals surface area contributed by atoms with Crippen molar-refractivity contribution in [2.45, 2.75) is 39.3 Å². The third-order valence-electron chi connectivity index (χ3n) is 5.96. The van der Waals surface area contributed by atoms with Crippen LogP contribution < -0.4 is 16.0 Å². The number of hydrogen-bond donors (Lipinski definition) is 0. The third kappa shape index (κ3) is 4.11. The van der Waals surface area contributed by atoms with Crippen LogP contribution in [-0.2, 0) is 20.1 Å². The standard InChI is InChI=1S/C24H25ClN6O3/c1-3-12-30-23(32)19-21(29(2)24(30)33)28-20(31(19)13-15-6-8-17(25)9-7-15)18-22(27-11-10-26-18)34-14-16-4-5-16/h6-11,16H,3-5,12-14H2,1-2H3. The second-order valence-electron chi connectivity index (χ2n) is 8.58. The lowest BCUT2D eigenvalue weighted by Crippen LogP contribution is -2.39. The van der Waals surface area contributed by atoms with E-state index >= 15 is 0 Å². The molecule has 1 aliphatic carbocycles. The van der Waals surface area contributed by atoms with Crippen molar-refractivity contribution >= 4 is 22.8 Å². The lowest BCUT2D eigenvalue weighted by molar-refractivity contribution is 0.288. The van der Waals surface area contributed by atoms with Gasteiger partial charge in [-0.3, -0.25) is 13.9 Å². The molecule has 0 spiro atoms. The molecule has 0 unspecified atom stereocenters. The van der Waals surface area contributed by atoms with Crippen LogP contribution in [0.2, 0.25) is 5.02 Å². The molecule has 3 heterocycles. The van der Waals surface area contributed by atoms with Gasteiger partial charge in [0.25, 0.3) is 5.56 Å². The van der Waals surface area contributed by atoms with E-state index in [2.05, 4.69) is 9.97 Å². The average molecular weight is 481 g/mol. The Bertz CT molecular complexity index is 1470. The maximum Gasteiger partial charge on any atom is 0.332 e. The summed E-state index contributed by atoms with van der Waals surface area (Å²) in [5.41, 5.74) is 1.21. The van der Waals surface area contributed by atoms with E-state index in [4.69, 9.17) is 21.3 Å². The summed E-state index contributed by atoms with van der Waals surface area (Å²) in [6, 6.07) is 7.39. The minimum absolute atomic E-state index is 0.296. The molecule has 0 bridgehead atoms. The van der Waals surface area contributed by atoms with Crippen molar-refractivity contribution in [3.05, 3.63) is 68.1 Å². The lowest BCUT2D eigenvalue weighted by atomic mass is 10.2. The highest BCUT2D eigenvalue weighted by atomic mass is 35.5. The zero-order chi connectivity index (χ0) is 23.8. The van der Waals surface area contributed by atoms with Crippen molar-refractivity contribution in [1.29, 1.82) is 0 Å². The van der Waals surface area contributed by atoms with Gasteiger partial charge in [0.1, 0.15) is 0 Å². The smallest absolute Gasteiger partial charge is 0.332 e. The summed E-state index contributed by atoms with van der Waals surface area (Å²) in [6.07, 6.45) is 6.08. The summed E-state index contributed by atoms with van der Waals surface area (Å²) in [7, 11) is 1.63. The third-order valence-corrected chi connectivity index (χ3v) is 6.21. The molecule has 0 saturated heterocycles. The fraction of sp³-hybridized carbons (Fsp3) is 0.375. The fourth-order valence-electron chi connectivity index (χ4n) is 3.97. The van der Waals surface area contributed by atoms with Gasteiger partial charge in [-0.25, -0.2) is 19.7 Å². The number of rotatable bonds is 8. The maximum atomic E-state index is 13.5. The molecule has 1 saturated carbocycles. The number of nitrogens with zero attached hydrogens (tertiary/aromatic N) is 6. The minimum Gasteiger partial charge on any atom is -0.476 e. The molecule has 0 radical (unpaired) electrons. The van der Waals surface area contributed by atoms with Gasteiger partial charge in [0, 0.05) is 37.6 Å². The number of hydrogen-bond acceptors (Lipinski definition) is 6. The molecule has 176 valence electrons. The Morgan fingerprint density at radius 1 is 1.09 bits per heavy atom. The molecule has 34 heavy (non-hydrogen) atoms. The zero-order valence-electron chi connectivity index (χ0n) is 19.1. The molecule has 10 heteroatoms. The first-order valence-electron chi connectivity index (χ1n) is 11.4. The van der Waals surface area contributed by atoms with Crippen LogP contribution in [0.3, 0.4) is 0 Å². The van der Waals surface area contributed by atoms with Crippen molar-refractivity contribution in [2.75, 3.05) is 6.61 Å². The lowest BCUT2D eigenvalue weighted by Gasteiger charge is -2.12. The highest BCUT2D eigenvalue weighted by Gasteiger charge is 2.26. The van der Waals surface area contributed by atoms with Gasteiger partial charge in [0.05, 0.1) is 6.61 Å². The van der Waals surface area contributed by atoms with E-state index in [1.54, 1.807) is 36.1 Å². The van der Waals surface area contributed by atoms with Gasteiger partial charge in [0.15, 0.2) is 22.7 Å². The molecule has 3 aromatic heterocycles. The Hall–Kier alpha value is -3.46. The minimum atomic E-state index is -0.397. The van der Waals surface area contributed by atoms with Gasteiger partial charge in [-0.1, -0.05) is 30.7 Å². The van der Waals surface area contributed by atoms with Crippen molar-refractivity contribution in [3.63, 3.8) is 0 Å². The number of fused-ring (bicyclic) bond motifs is 1. The Morgan fingerprint density at radius 3 is 2.53 bits per heavy atom. The predicted octanol–water partition coefficient (Wildman–Crippen LogP) is 3.25. The number of ether oxygens (including phenoxy) is 1. The van der Waals surface area contributed by atoms with Crippen LogP contribution in [0.5, 0.6) is 5.88 Å². The largest absolute Gasteiger partial charge is 0.476 e. The SMILES string of the molecule is CCCn1c(=O)c2c(nc(-c3nccnc3OCC3CC3)n2Cc2ccc(Cl)cc2)n(C)c1=O. The number of benzene rings is 1. The first kappa shape index (κ1) is 22.3. The summed E-state index contributed by atoms with van der Waals surface area (Å²) in [5.74, 6) is 1.32. The van der Waals surface area contributed by atoms with Crippen molar-refractivity contribution in [3.8, 4) is 17.4 Å². The number of halogens is 1. The number of imidazole rings is 1. The van der Waals surface area contributed by atoms with Crippen molar-refractivity contribution in [1.82, 2.24) is 28.7 Å². The molecule has 0 atom stereocenters. The maximum absolute atomic E-state index is 13.5. The quantitative estimate of drug-likeness (QED) is 0.384. The van der Waals surface area contributed by atoms with Crippen LogP contribution in [-0.4, -0.2) is 35.3 Å². The van der Waals surface area contributed by atoms with Crippen LogP contribution in [0.15, 0.2) is 46.2 Å². The van der Waals surface area contributed by atoms with Crippen LogP contribution in [0, 0.1) is 5.92 Å². The Labute approximate surface area is 200 Å². The molecular formula is C24H25ClN6O3. The van der Waals surface area contributed by atoms with Gasteiger partial charge >= 0.3 is 5.69 Å². The molecule has 9 nitrogen and oxygen atoms in total. The van der Waals surface area contributed by atoms with E-state index < -0.39 is 5.69 Å². The molecular weight excluding hydrogens is 456 g/mol. The van der Waals surface area contributed by atoms with Crippen LogP contribution >= 0.6 is 11.6 Å². The van der Waals surface area contributed by atoms with E-state index in [1.807, 2.05) is 19.1 Å². The summed E-state index contributed by atoms with van der Waals surface area (Å²) < 4.78 is 10.4. The normalized spacial score (nSPS) is 13.5. The highest BCUT2D eigenvalue weighted by Crippen LogP contribution is 2.32. The molecule has 1 fully saturated rings. The van der Waals surface area contributed by atoms with Crippen molar-refractivity contribution < 1.29 is 4.74 Å². The average Bonchev–Trinajstić information content (AvgIpc) is 3.60. The van der Waals surface area contributed by atoms with E-state index in [-0.39, 0.29) is 5.56 Å². The topological polar surface area (TPSA) is 96.8 Å². The summed E-state index contributed by atoms with van der Waals surface area (Å²) >= 11 is 6.08. The Balaban J connectivity index is 1.75. The first-order valence-corrected chi connectivity index (χ1v) is 11.7. The van der Waals surface area contributed by atoms with Crippen molar-refractivity contribution in [2.24, 2.45) is 13.0 Å². The van der Waals surface area contributed by atoms with E-state index in [1.165, 1.54) is 9.13 Å². The van der Waals surface area contributed by atoms with E-state index in [0.29, 0.717) is 65.6 Å². The summed E-state index contributed by atoms with van der Waals surface area (Å²) in [4.78, 5) is 40.0. The number of aromatic nitrogens is 6. The van der Waals surface area contributed by atoms with Crippen LogP contribution in [0.1, 0.15) is 31.7 Å². The van der Waals surface area contributed by atoms with Gasteiger partial charge < -0.3 is 9.30 Å². The van der Waals surface area contributed by atoms with Crippen LogP contribution in [0.4, 0.5) is 0 Å². The molecule has 0 aliphatic heterocycles. The predicted molar refractivity (Wildman–Crippen MR) is 129 cm³/mol. The molecule has 0 amide bonds.